The highest BCUT2D eigenvalue weighted by atomic mass is 32.1. The van der Waals surface area contributed by atoms with Crippen molar-refractivity contribution < 1.29 is 4.39 Å². The van der Waals surface area contributed by atoms with Gasteiger partial charge < -0.3 is 0 Å². The summed E-state index contributed by atoms with van der Waals surface area (Å²) in [4.78, 5) is 14.4. The van der Waals surface area contributed by atoms with Gasteiger partial charge in [0.15, 0.2) is 5.82 Å². The second-order valence-corrected chi connectivity index (χ2v) is 6.25. The third-order valence-electron chi connectivity index (χ3n) is 3.53. The van der Waals surface area contributed by atoms with Crippen molar-refractivity contribution in [2.45, 2.75) is 0 Å². The van der Waals surface area contributed by atoms with Crippen molar-refractivity contribution in [1.29, 1.82) is 0 Å². The van der Waals surface area contributed by atoms with Gasteiger partial charge in [-0.05, 0) is 29.8 Å². The second-order valence-electron chi connectivity index (χ2n) is 5.22. The molecule has 7 heteroatoms. The fourth-order valence-corrected chi connectivity index (χ4v) is 3.33. The van der Waals surface area contributed by atoms with Crippen LogP contribution >= 0.6 is 11.3 Å². The first-order chi connectivity index (χ1) is 12.3. The van der Waals surface area contributed by atoms with Crippen LogP contribution in [0, 0.1) is 5.82 Å². The molecular formula is C18H12FN5S. The smallest absolute Gasteiger partial charge is 0.158 e. The number of hydrazone groups is 1. The van der Waals surface area contributed by atoms with Crippen molar-refractivity contribution >= 4 is 33.6 Å². The van der Waals surface area contributed by atoms with Crippen molar-refractivity contribution in [3.63, 3.8) is 0 Å². The SMILES string of the molecule is Fc1ccc(-c2cc3c(NN=Cc4cccnc4)ncnc3s2)cc1. The number of halogens is 1. The Morgan fingerprint density at radius 3 is 2.80 bits per heavy atom. The highest BCUT2D eigenvalue weighted by Crippen LogP contribution is 2.34. The first kappa shape index (κ1) is 15.3. The highest BCUT2D eigenvalue weighted by Gasteiger charge is 2.10. The van der Waals surface area contributed by atoms with Crippen LogP contribution in [0.25, 0.3) is 20.7 Å². The summed E-state index contributed by atoms with van der Waals surface area (Å²) >= 11 is 1.52. The van der Waals surface area contributed by atoms with E-state index in [1.807, 2.05) is 18.2 Å². The average Bonchev–Trinajstić information content (AvgIpc) is 3.08. The summed E-state index contributed by atoms with van der Waals surface area (Å²) in [5.41, 5.74) is 4.77. The average molecular weight is 349 g/mol. The predicted octanol–water partition coefficient (Wildman–Crippen LogP) is 4.34. The van der Waals surface area contributed by atoms with Crippen LogP contribution in [0.3, 0.4) is 0 Å². The molecule has 122 valence electrons. The molecule has 0 unspecified atom stereocenters. The van der Waals surface area contributed by atoms with Crippen molar-refractivity contribution in [2.75, 3.05) is 5.43 Å². The summed E-state index contributed by atoms with van der Waals surface area (Å²) in [5.74, 6) is 0.367. The summed E-state index contributed by atoms with van der Waals surface area (Å²) in [5, 5.41) is 5.08. The Bertz CT molecular complexity index is 1030. The standard InChI is InChI=1S/C18H12FN5S/c19-14-5-3-13(4-6-14)16-8-15-17(21-11-22-18(15)25-16)24-23-10-12-2-1-7-20-9-12/h1-11H,(H,21,22,24). The van der Waals surface area contributed by atoms with Crippen molar-refractivity contribution in [3.8, 4) is 10.4 Å². The number of thiophene rings is 1. The van der Waals surface area contributed by atoms with Crippen molar-refractivity contribution in [1.82, 2.24) is 15.0 Å². The summed E-state index contributed by atoms with van der Waals surface area (Å²) in [7, 11) is 0. The molecule has 0 saturated heterocycles. The summed E-state index contributed by atoms with van der Waals surface area (Å²) in [6.07, 6.45) is 6.60. The van der Waals surface area contributed by atoms with Crippen LogP contribution in [0.5, 0.6) is 0 Å². The van der Waals surface area contributed by atoms with Gasteiger partial charge in [0.25, 0.3) is 0 Å². The molecule has 0 aliphatic heterocycles. The Labute approximate surface area is 146 Å². The molecule has 1 N–H and O–H groups in total. The van der Waals surface area contributed by atoms with Crippen LogP contribution in [0.1, 0.15) is 5.56 Å². The van der Waals surface area contributed by atoms with Crippen LogP contribution < -0.4 is 5.43 Å². The van der Waals surface area contributed by atoms with Gasteiger partial charge in [0, 0.05) is 22.8 Å². The number of hydrogen-bond donors (Lipinski definition) is 1. The number of aromatic nitrogens is 3. The lowest BCUT2D eigenvalue weighted by Gasteiger charge is -1.99. The Balaban J connectivity index is 1.63. The third kappa shape index (κ3) is 3.36. The van der Waals surface area contributed by atoms with E-state index >= 15 is 0 Å². The molecular weight excluding hydrogens is 337 g/mol. The summed E-state index contributed by atoms with van der Waals surface area (Å²) in [6.45, 7) is 0. The van der Waals surface area contributed by atoms with E-state index in [9.17, 15) is 4.39 Å². The van der Waals surface area contributed by atoms with Gasteiger partial charge in [0.05, 0.1) is 11.6 Å². The zero-order valence-electron chi connectivity index (χ0n) is 12.9. The third-order valence-corrected chi connectivity index (χ3v) is 4.62. The van der Waals surface area contributed by atoms with E-state index < -0.39 is 0 Å². The minimum absolute atomic E-state index is 0.253. The molecule has 0 radical (unpaired) electrons. The molecule has 1 aromatic carbocycles. The van der Waals surface area contributed by atoms with Crippen LogP contribution in [-0.4, -0.2) is 21.2 Å². The molecule has 0 saturated carbocycles. The van der Waals surface area contributed by atoms with E-state index in [2.05, 4.69) is 25.5 Å². The van der Waals surface area contributed by atoms with Gasteiger partial charge >= 0.3 is 0 Å². The molecule has 0 bridgehead atoms. The van der Waals surface area contributed by atoms with Crippen molar-refractivity contribution in [2.24, 2.45) is 5.10 Å². The fraction of sp³-hybridized carbons (Fsp3) is 0. The fourth-order valence-electron chi connectivity index (χ4n) is 2.32. The van der Waals surface area contributed by atoms with Gasteiger partial charge in [-0.15, -0.1) is 11.3 Å². The zero-order chi connectivity index (χ0) is 17.1. The Morgan fingerprint density at radius 1 is 1.12 bits per heavy atom. The Kier molecular flexibility index (Phi) is 4.14. The lowest BCUT2D eigenvalue weighted by molar-refractivity contribution is 0.628. The molecule has 0 fully saturated rings. The van der Waals surface area contributed by atoms with E-state index in [1.54, 1.807) is 30.7 Å². The number of rotatable bonds is 4. The Hall–Kier alpha value is -3.19. The van der Waals surface area contributed by atoms with Gasteiger partial charge in [-0.3, -0.25) is 10.4 Å². The van der Waals surface area contributed by atoms with Crippen LogP contribution in [-0.2, 0) is 0 Å². The van der Waals surface area contributed by atoms with Gasteiger partial charge in [0.1, 0.15) is 17.0 Å². The first-order valence-corrected chi connectivity index (χ1v) is 8.31. The molecule has 0 amide bonds. The zero-order valence-corrected chi connectivity index (χ0v) is 13.7. The van der Waals surface area contributed by atoms with Gasteiger partial charge in [-0.2, -0.15) is 5.10 Å². The maximum Gasteiger partial charge on any atom is 0.158 e. The highest BCUT2D eigenvalue weighted by molar-refractivity contribution is 7.21. The quantitative estimate of drug-likeness (QED) is 0.440. The molecule has 25 heavy (non-hydrogen) atoms. The minimum Gasteiger partial charge on any atom is -0.264 e. The van der Waals surface area contributed by atoms with Crippen molar-refractivity contribution in [3.05, 3.63) is 72.6 Å². The number of fused-ring (bicyclic) bond motifs is 1. The number of benzene rings is 1. The number of pyridine rings is 1. The van der Waals surface area contributed by atoms with E-state index in [-0.39, 0.29) is 5.82 Å². The van der Waals surface area contributed by atoms with Gasteiger partial charge in [-0.1, -0.05) is 18.2 Å². The van der Waals surface area contributed by atoms with Crippen LogP contribution in [0.15, 0.2) is 66.3 Å². The van der Waals surface area contributed by atoms with E-state index in [4.69, 9.17) is 0 Å². The first-order valence-electron chi connectivity index (χ1n) is 7.49. The van der Waals surface area contributed by atoms with Gasteiger partial charge in [0.2, 0.25) is 0 Å². The van der Waals surface area contributed by atoms with E-state index in [0.29, 0.717) is 5.82 Å². The van der Waals surface area contributed by atoms with Crippen LogP contribution in [0.4, 0.5) is 10.2 Å². The monoisotopic (exact) mass is 349 g/mol. The largest absolute Gasteiger partial charge is 0.264 e. The number of hydrogen-bond acceptors (Lipinski definition) is 6. The number of nitrogens with one attached hydrogen (secondary N) is 1. The molecule has 0 spiro atoms. The van der Waals surface area contributed by atoms with E-state index in [1.165, 1.54) is 29.8 Å². The number of anilines is 1. The second kappa shape index (κ2) is 6.74. The van der Waals surface area contributed by atoms with E-state index in [0.717, 1.165) is 26.2 Å². The minimum atomic E-state index is -0.253. The topological polar surface area (TPSA) is 63.1 Å². The maximum absolute atomic E-state index is 13.1. The molecule has 4 rings (SSSR count). The molecule has 0 aliphatic rings. The van der Waals surface area contributed by atoms with Gasteiger partial charge in [-0.25, -0.2) is 14.4 Å². The summed E-state index contributed by atoms with van der Waals surface area (Å²) in [6, 6.07) is 12.1. The molecule has 0 aliphatic carbocycles. The lowest BCUT2D eigenvalue weighted by atomic mass is 10.2. The molecule has 3 aromatic heterocycles. The Morgan fingerprint density at radius 2 is 2.00 bits per heavy atom. The summed E-state index contributed by atoms with van der Waals surface area (Å²) < 4.78 is 13.1. The predicted molar refractivity (Wildman–Crippen MR) is 98.3 cm³/mol. The molecule has 0 atom stereocenters. The molecule has 4 aromatic rings. The normalized spacial score (nSPS) is 11.2. The number of nitrogens with zero attached hydrogens (tertiary/aromatic N) is 4. The molecule has 3 heterocycles. The lowest BCUT2D eigenvalue weighted by Crippen LogP contribution is -1.94. The van der Waals surface area contributed by atoms with Crippen LogP contribution in [0.2, 0.25) is 0 Å². The maximum atomic E-state index is 13.1. The molecule has 5 nitrogen and oxygen atoms in total.